The second-order valence-corrected chi connectivity index (χ2v) is 5.17. The average molecular weight is 275 g/mol. The lowest BCUT2D eigenvalue weighted by Crippen LogP contribution is -2.16. The molecule has 1 N–H and O–H groups in total. The predicted molar refractivity (Wildman–Crippen MR) is 74.7 cm³/mol. The largest absolute Gasteiger partial charge is 0.360 e. The summed E-state index contributed by atoms with van der Waals surface area (Å²) in [6.45, 7) is 4.56. The molecule has 0 spiro atoms. The summed E-state index contributed by atoms with van der Waals surface area (Å²) in [6.07, 6.45) is 0. The molecule has 98 valence electrons. The van der Waals surface area contributed by atoms with E-state index in [1.54, 1.807) is 24.3 Å². The molecule has 0 saturated heterocycles. The van der Waals surface area contributed by atoms with Gasteiger partial charge < -0.3 is 14.4 Å². The summed E-state index contributed by atoms with van der Waals surface area (Å²) in [5.74, 6) is 0.940. The molecule has 0 bridgehead atoms. The molecule has 0 unspecified atom stereocenters. The normalized spacial score (nSPS) is 11.1. The van der Waals surface area contributed by atoms with E-state index in [0.717, 1.165) is 16.8 Å². The zero-order valence-electron chi connectivity index (χ0n) is 10.6. The molecule has 0 aromatic carbocycles. The summed E-state index contributed by atoms with van der Waals surface area (Å²) in [6, 6.07) is 5.63. The molecule has 0 aliphatic carbocycles. The highest BCUT2D eigenvalue weighted by Crippen LogP contribution is 2.25. The van der Waals surface area contributed by atoms with Crippen LogP contribution in [0.2, 0.25) is 0 Å². The third kappa shape index (κ3) is 2.04. The van der Waals surface area contributed by atoms with Gasteiger partial charge in [0.1, 0.15) is 11.5 Å². The Balaban J connectivity index is 1.94. The number of aromatic nitrogens is 2. The smallest absolute Gasteiger partial charge is 0.273 e. The minimum atomic E-state index is -0.168. The Kier molecular flexibility index (Phi) is 2.87. The van der Waals surface area contributed by atoms with Crippen LogP contribution in [0.5, 0.6) is 0 Å². The van der Waals surface area contributed by atoms with Crippen LogP contribution in [0, 0.1) is 6.92 Å². The van der Waals surface area contributed by atoms with Crippen LogP contribution in [0.25, 0.3) is 10.2 Å². The zero-order chi connectivity index (χ0) is 13.4. The Bertz CT molecular complexity index is 738. The maximum atomic E-state index is 12.3. The number of carbonyl (C=O) groups excluding carboxylic acids is 1. The van der Waals surface area contributed by atoms with Gasteiger partial charge in [-0.1, -0.05) is 5.16 Å². The van der Waals surface area contributed by atoms with Crippen molar-refractivity contribution in [2.24, 2.45) is 0 Å². The topological polar surface area (TPSA) is 60.1 Å². The van der Waals surface area contributed by atoms with Crippen LogP contribution in [0.15, 0.2) is 28.1 Å². The van der Waals surface area contributed by atoms with Gasteiger partial charge >= 0.3 is 0 Å². The molecule has 0 fully saturated rings. The molecule has 1 amide bonds. The Labute approximate surface area is 113 Å². The monoisotopic (exact) mass is 275 g/mol. The van der Waals surface area contributed by atoms with Crippen LogP contribution in [-0.2, 0) is 6.54 Å². The van der Waals surface area contributed by atoms with Crippen LogP contribution in [-0.4, -0.2) is 15.6 Å². The molecule has 0 radical (unpaired) electrons. The van der Waals surface area contributed by atoms with Gasteiger partial charge in [0.05, 0.1) is 10.2 Å². The number of nitrogens with zero attached hydrogens (tertiary/aromatic N) is 2. The minimum Gasteiger partial charge on any atom is -0.360 e. The molecule has 0 atom stereocenters. The molecule has 0 saturated carbocycles. The predicted octanol–water partition coefficient (Wildman–Crippen LogP) is 3.27. The van der Waals surface area contributed by atoms with Crippen molar-refractivity contribution in [2.75, 3.05) is 5.32 Å². The van der Waals surface area contributed by atoms with E-state index in [1.165, 1.54) is 0 Å². The Morgan fingerprint density at radius 2 is 2.37 bits per heavy atom. The van der Waals surface area contributed by atoms with Gasteiger partial charge in [-0.25, -0.2) is 0 Å². The van der Waals surface area contributed by atoms with E-state index in [-0.39, 0.29) is 5.91 Å². The van der Waals surface area contributed by atoms with Gasteiger partial charge in [0.25, 0.3) is 5.91 Å². The Morgan fingerprint density at radius 1 is 1.53 bits per heavy atom. The summed E-state index contributed by atoms with van der Waals surface area (Å²) in [5.41, 5.74) is 1.74. The number of anilines is 1. The summed E-state index contributed by atoms with van der Waals surface area (Å²) in [4.78, 5) is 12.3. The molecule has 3 aromatic heterocycles. The number of hydrogen-bond donors (Lipinski definition) is 1. The molecule has 0 aliphatic heterocycles. The molecule has 5 nitrogen and oxygen atoms in total. The summed E-state index contributed by atoms with van der Waals surface area (Å²) >= 11 is 1.63. The first kappa shape index (κ1) is 12.0. The van der Waals surface area contributed by atoms with Crippen LogP contribution in [0.3, 0.4) is 0 Å². The molecule has 3 aromatic rings. The van der Waals surface area contributed by atoms with Crippen molar-refractivity contribution >= 4 is 33.3 Å². The molecule has 0 aliphatic rings. The average Bonchev–Trinajstić information content (AvgIpc) is 3.03. The van der Waals surface area contributed by atoms with Gasteiger partial charge in [0.15, 0.2) is 5.82 Å². The number of fused-ring (bicyclic) bond motifs is 1. The van der Waals surface area contributed by atoms with E-state index in [4.69, 9.17) is 4.52 Å². The number of nitrogens with one attached hydrogen (secondary N) is 1. The maximum absolute atomic E-state index is 12.3. The Morgan fingerprint density at radius 3 is 3.05 bits per heavy atom. The van der Waals surface area contributed by atoms with Crippen LogP contribution >= 0.6 is 11.3 Å². The van der Waals surface area contributed by atoms with Gasteiger partial charge in [-0.15, -0.1) is 11.3 Å². The maximum Gasteiger partial charge on any atom is 0.273 e. The quantitative estimate of drug-likeness (QED) is 0.798. The van der Waals surface area contributed by atoms with Crippen LogP contribution < -0.4 is 5.32 Å². The van der Waals surface area contributed by atoms with Gasteiger partial charge in [-0.2, -0.15) is 0 Å². The second-order valence-electron chi connectivity index (χ2n) is 4.22. The van der Waals surface area contributed by atoms with E-state index < -0.39 is 0 Å². The van der Waals surface area contributed by atoms with E-state index in [1.807, 2.05) is 29.0 Å². The van der Waals surface area contributed by atoms with Gasteiger partial charge in [0.2, 0.25) is 0 Å². The lowest BCUT2D eigenvalue weighted by molar-refractivity contribution is 0.101. The highest BCUT2D eigenvalue weighted by Gasteiger charge is 2.16. The van der Waals surface area contributed by atoms with E-state index in [9.17, 15) is 4.79 Å². The van der Waals surface area contributed by atoms with E-state index in [2.05, 4.69) is 10.5 Å². The zero-order valence-corrected chi connectivity index (χ0v) is 11.5. The van der Waals surface area contributed by atoms with Crippen molar-refractivity contribution < 1.29 is 9.32 Å². The van der Waals surface area contributed by atoms with E-state index >= 15 is 0 Å². The lowest BCUT2D eigenvalue weighted by Gasteiger charge is -2.06. The molecule has 3 rings (SSSR count). The van der Waals surface area contributed by atoms with Crippen molar-refractivity contribution in [3.63, 3.8) is 0 Å². The van der Waals surface area contributed by atoms with Crippen LogP contribution in [0.4, 0.5) is 5.82 Å². The first-order valence-corrected chi connectivity index (χ1v) is 6.88. The molecule has 6 heteroatoms. The number of amides is 1. The molecule has 3 heterocycles. The van der Waals surface area contributed by atoms with Crippen molar-refractivity contribution in [1.82, 2.24) is 9.72 Å². The fraction of sp³-hybridized carbons (Fsp3) is 0.231. The second kappa shape index (κ2) is 4.55. The highest BCUT2D eigenvalue weighted by atomic mass is 32.1. The van der Waals surface area contributed by atoms with Crippen molar-refractivity contribution in [3.8, 4) is 0 Å². The highest BCUT2D eigenvalue weighted by molar-refractivity contribution is 7.17. The van der Waals surface area contributed by atoms with Crippen LogP contribution in [0.1, 0.15) is 23.2 Å². The number of rotatable bonds is 3. The third-order valence-electron chi connectivity index (χ3n) is 2.94. The summed E-state index contributed by atoms with van der Waals surface area (Å²) in [5, 5.41) is 8.54. The fourth-order valence-electron chi connectivity index (χ4n) is 2.11. The van der Waals surface area contributed by atoms with Gasteiger partial charge in [-0.3, -0.25) is 4.79 Å². The third-order valence-corrected chi connectivity index (χ3v) is 3.79. The summed E-state index contributed by atoms with van der Waals surface area (Å²) < 4.78 is 8.04. The first-order chi connectivity index (χ1) is 9.19. The minimum absolute atomic E-state index is 0.168. The lowest BCUT2D eigenvalue weighted by atomic mass is 10.4. The van der Waals surface area contributed by atoms with Gasteiger partial charge in [-0.05, 0) is 31.4 Å². The molecular formula is C13H13N3O2S. The number of hydrogen-bond acceptors (Lipinski definition) is 4. The standard InChI is InChI=1S/C13H13N3O2S/c1-3-16-9-4-5-19-11(9)7-10(16)13(17)14-12-6-8(2)18-15-12/h4-7H,3H2,1-2H3,(H,14,15,17). The Hall–Kier alpha value is -2.08. The van der Waals surface area contributed by atoms with Crippen molar-refractivity contribution in [1.29, 1.82) is 0 Å². The van der Waals surface area contributed by atoms with Gasteiger partial charge in [0, 0.05) is 12.6 Å². The first-order valence-electron chi connectivity index (χ1n) is 6.00. The van der Waals surface area contributed by atoms with E-state index in [0.29, 0.717) is 17.3 Å². The number of carbonyl (C=O) groups is 1. The number of aryl methyl sites for hydroxylation is 2. The summed E-state index contributed by atoms with van der Waals surface area (Å²) in [7, 11) is 0. The molecular weight excluding hydrogens is 262 g/mol. The van der Waals surface area contributed by atoms with Crippen molar-refractivity contribution in [3.05, 3.63) is 35.0 Å². The van der Waals surface area contributed by atoms with Crippen molar-refractivity contribution in [2.45, 2.75) is 20.4 Å². The number of thiophene rings is 1. The fourth-order valence-corrected chi connectivity index (χ4v) is 2.93. The molecule has 19 heavy (non-hydrogen) atoms. The SMILES string of the molecule is CCn1c(C(=O)Nc2cc(C)on2)cc2sccc21.